The summed E-state index contributed by atoms with van der Waals surface area (Å²) in [6.45, 7) is 0. The maximum atomic E-state index is 4.11. The lowest BCUT2D eigenvalue weighted by atomic mass is 11.6. The molecule has 52 valence electrons. The van der Waals surface area contributed by atoms with E-state index in [1.807, 2.05) is 0 Å². The van der Waals surface area contributed by atoms with Gasteiger partial charge < -0.3 is 4.52 Å². The molecular weight excluding hydrogens is 156 g/mol. The summed E-state index contributed by atoms with van der Waals surface area (Å²) in [4.78, 5) is 0. The van der Waals surface area contributed by atoms with Crippen LogP contribution in [0.4, 0.5) is 0 Å². The lowest BCUT2D eigenvalue weighted by Gasteiger charge is -1.41. The number of hydrogen-bond acceptors (Lipinski definition) is 8. The molecule has 10 heavy (non-hydrogen) atoms. The second-order valence-corrected chi connectivity index (χ2v) is 1.58. The molecule has 2 aromatic rings. The highest BCUT2D eigenvalue weighted by Crippen LogP contribution is 1.72. The molecule has 8 heteroatoms. The van der Waals surface area contributed by atoms with E-state index in [4.69, 9.17) is 0 Å². The summed E-state index contributed by atoms with van der Waals surface area (Å²) in [5.74, 6) is 0. The quantitative estimate of drug-likeness (QED) is 0.505. The minimum Gasteiger partial charge on any atom is -0.324 e. The fourth-order valence-corrected chi connectivity index (χ4v) is 0.422. The Labute approximate surface area is 59.2 Å². The topological polar surface area (TPSA) is 90.5 Å². The van der Waals surface area contributed by atoms with Gasteiger partial charge in [0.25, 0.3) is 0 Å². The largest absolute Gasteiger partial charge is 0.324 e. The first-order chi connectivity index (χ1) is 5.00. The summed E-state index contributed by atoms with van der Waals surface area (Å²) < 4.78 is 7.51. The van der Waals surface area contributed by atoms with Gasteiger partial charge in [-0.25, -0.2) is 0 Å². The van der Waals surface area contributed by atoms with E-state index in [9.17, 15) is 0 Å². The van der Waals surface area contributed by atoms with Crippen molar-refractivity contribution in [3.63, 3.8) is 0 Å². The molecule has 0 bridgehead atoms. The van der Waals surface area contributed by atoms with Gasteiger partial charge >= 0.3 is 0 Å². The standard InChI is InChI=1S/CHN3O.CHN3S/c2*1-2-3-4-5-1/h2*1H. The Morgan fingerprint density at radius 1 is 1.20 bits per heavy atom. The summed E-state index contributed by atoms with van der Waals surface area (Å²) in [5, 5.41) is 15.9. The predicted molar refractivity (Wildman–Crippen MR) is 29.8 cm³/mol. The molecule has 0 saturated heterocycles. The van der Waals surface area contributed by atoms with Crippen LogP contribution in [-0.2, 0) is 0 Å². The summed E-state index contributed by atoms with van der Waals surface area (Å²) in [7, 11) is 0. The number of hydrogen-bond donors (Lipinski definition) is 0. The van der Waals surface area contributed by atoms with E-state index in [0.717, 1.165) is 6.39 Å². The highest BCUT2D eigenvalue weighted by atomic mass is 32.1. The lowest BCUT2D eigenvalue weighted by molar-refractivity contribution is 0.392. The fourth-order valence-electron chi connectivity index (χ4n) is 0.211. The molecule has 0 aliphatic carbocycles. The average molecular weight is 158 g/mol. The Morgan fingerprint density at radius 2 is 2.20 bits per heavy atom. The van der Waals surface area contributed by atoms with Crippen LogP contribution in [-0.4, -0.2) is 30.4 Å². The maximum absolute atomic E-state index is 4.11. The zero-order valence-corrected chi connectivity index (χ0v) is 5.47. The van der Waals surface area contributed by atoms with E-state index in [1.54, 1.807) is 5.51 Å². The van der Waals surface area contributed by atoms with Crippen LogP contribution < -0.4 is 0 Å². The normalized spacial score (nSPS) is 8.00. The van der Waals surface area contributed by atoms with Crippen molar-refractivity contribution in [2.45, 2.75) is 0 Å². The van der Waals surface area contributed by atoms with Crippen LogP contribution in [0.25, 0.3) is 0 Å². The average Bonchev–Trinajstić information content (AvgIpc) is 2.67. The van der Waals surface area contributed by atoms with Crippen molar-refractivity contribution in [1.29, 1.82) is 0 Å². The molecule has 2 heterocycles. The Bertz CT molecular complexity index is 155. The van der Waals surface area contributed by atoms with Gasteiger partial charge in [-0.3, -0.25) is 0 Å². The van der Waals surface area contributed by atoms with Crippen molar-refractivity contribution < 1.29 is 4.52 Å². The Morgan fingerprint density at radius 3 is 2.40 bits per heavy atom. The Hall–Kier alpha value is -1.44. The van der Waals surface area contributed by atoms with Crippen LogP contribution in [0.2, 0.25) is 0 Å². The third-order valence-electron chi connectivity index (χ3n) is 0.459. The van der Waals surface area contributed by atoms with E-state index < -0.39 is 0 Å². The number of aromatic nitrogens is 6. The molecule has 2 aromatic heterocycles. The zero-order chi connectivity index (χ0) is 7.07. The van der Waals surface area contributed by atoms with Crippen molar-refractivity contribution in [2.24, 2.45) is 0 Å². The summed E-state index contributed by atoms with van der Waals surface area (Å²) in [5.41, 5.74) is 1.57. The monoisotopic (exact) mass is 158 g/mol. The van der Waals surface area contributed by atoms with Gasteiger partial charge in [-0.1, -0.05) is 9.59 Å². The van der Waals surface area contributed by atoms with E-state index in [-0.39, 0.29) is 0 Å². The SMILES string of the molecule is c1nnno1.c1nnns1. The second-order valence-electron chi connectivity index (χ2n) is 0.995. The van der Waals surface area contributed by atoms with E-state index in [0.29, 0.717) is 0 Å². The Kier molecular flexibility index (Phi) is 2.96. The van der Waals surface area contributed by atoms with Gasteiger partial charge in [0.05, 0.1) is 5.27 Å². The molecule has 0 aliphatic rings. The van der Waals surface area contributed by atoms with Gasteiger partial charge in [-0.2, -0.15) is 0 Å². The molecule has 0 aliphatic heterocycles. The van der Waals surface area contributed by atoms with Gasteiger partial charge in [0.1, 0.15) is 5.51 Å². The first-order valence-corrected chi connectivity index (χ1v) is 2.99. The van der Waals surface area contributed by atoms with E-state index >= 15 is 0 Å². The molecule has 0 fully saturated rings. The molecule has 0 amide bonds. The zero-order valence-electron chi connectivity index (χ0n) is 4.65. The highest BCUT2D eigenvalue weighted by molar-refractivity contribution is 7.02. The summed E-state index contributed by atoms with van der Waals surface area (Å²) in [6, 6.07) is 0. The number of rotatable bonds is 0. The molecule has 0 radical (unpaired) electrons. The smallest absolute Gasteiger partial charge is 0.235 e. The second kappa shape index (κ2) is 4.44. The lowest BCUT2D eigenvalue weighted by Crippen LogP contribution is -1.61. The molecule has 0 N–H and O–H groups in total. The summed E-state index contributed by atoms with van der Waals surface area (Å²) in [6.07, 6.45) is 1.15. The van der Waals surface area contributed by atoms with Crippen LogP contribution in [0.5, 0.6) is 0 Å². The van der Waals surface area contributed by atoms with Crippen LogP contribution in [0, 0.1) is 0 Å². The maximum Gasteiger partial charge on any atom is 0.235 e. The van der Waals surface area contributed by atoms with Crippen molar-refractivity contribution in [3.05, 3.63) is 11.9 Å². The fraction of sp³-hybridized carbons (Fsp3) is 0. The predicted octanol–water partition coefficient (Wildman–Crippen LogP) is -0.602. The van der Waals surface area contributed by atoms with Crippen LogP contribution in [0.15, 0.2) is 16.4 Å². The summed E-state index contributed by atoms with van der Waals surface area (Å²) >= 11 is 1.24. The van der Waals surface area contributed by atoms with E-state index in [1.165, 1.54) is 11.5 Å². The minimum atomic E-state index is 1.15. The van der Waals surface area contributed by atoms with Crippen molar-refractivity contribution >= 4 is 11.5 Å². The first kappa shape index (κ1) is 6.68. The molecule has 0 atom stereocenters. The van der Waals surface area contributed by atoms with Crippen molar-refractivity contribution in [3.8, 4) is 0 Å². The van der Waals surface area contributed by atoms with Gasteiger partial charge in [0.15, 0.2) is 0 Å². The van der Waals surface area contributed by atoms with Gasteiger partial charge in [-0.15, -0.1) is 5.10 Å². The minimum absolute atomic E-state index is 1.15. The molecular formula is C2H2N6OS. The molecule has 0 saturated carbocycles. The van der Waals surface area contributed by atoms with Gasteiger partial charge in [-0.05, 0) is 10.4 Å². The third kappa shape index (κ3) is 2.77. The third-order valence-corrected chi connectivity index (χ3v) is 0.815. The van der Waals surface area contributed by atoms with Gasteiger partial charge in [0, 0.05) is 11.5 Å². The molecule has 2 rings (SSSR count). The molecule has 0 aromatic carbocycles. The van der Waals surface area contributed by atoms with Crippen LogP contribution >= 0.6 is 11.5 Å². The Balaban J connectivity index is 0.0000001000. The van der Waals surface area contributed by atoms with Crippen LogP contribution in [0.1, 0.15) is 0 Å². The van der Waals surface area contributed by atoms with Crippen molar-refractivity contribution in [2.75, 3.05) is 0 Å². The van der Waals surface area contributed by atoms with Crippen molar-refractivity contribution in [1.82, 2.24) is 30.4 Å². The highest BCUT2D eigenvalue weighted by Gasteiger charge is 1.63. The molecule has 0 unspecified atom stereocenters. The van der Waals surface area contributed by atoms with Gasteiger partial charge in [0.2, 0.25) is 6.39 Å². The molecule has 0 spiro atoms. The molecule has 7 nitrogen and oxygen atoms in total. The first-order valence-electron chi connectivity index (χ1n) is 2.15. The van der Waals surface area contributed by atoms with Crippen LogP contribution in [0.3, 0.4) is 0 Å². The number of nitrogens with zero attached hydrogens (tertiary/aromatic N) is 6. The van der Waals surface area contributed by atoms with E-state index in [2.05, 4.69) is 34.9 Å².